The van der Waals surface area contributed by atoms with Crippen molar-refractivity contribution in [1.29, 1.82) is 0 Å². The van der Waals surface area contributed by atoms with Gasteiger partial charge in [-0.25, -0.2) is 4.57 Å². The lowest BCUT2D eigenvalue weighted by molar-refractivity contribution is 0.169. The van der Waals surface area contributed by atoms with Gasteiger partial charge in [-0.3, -0.25) is 9.05 Å². The van der Waals surface area contributed by atoms with E-state index in [1.165, 1.54) is 83.5 Å². The molecule has 0 aromatic rings. The van der Waals surface area contributed by atoms with E-state index in [9.17, 15) is 9.46 Å². The molecule has 0 saturated heterocycles. The molecule has 0 spiro atoms. The molecule has 1 atom stereocenters. The number of halogens is 1. The summed E-state index contributed by atoms with van der Waals surface area (Å²) in [7, 11) is -3.88. The lowest BCUT2D eigenvalue weighted by Crippen LogP contribution is -1.97. The van der Waals surface area contributed by atoms with Crippen LogP contribution in [0.2, 0.25) is 0 Å². The second-order valence-corrected chi connectivity index (χ2v) is 9.04. The van der Waals surface area contributed by atoms with E-state index in [4.69, 9.17) is 9.05 Å². The molecule has 1 unspecified atom stereocenters. The fourth-order valence-electron chi connectivity index (χ4n) is 2.79. The summed E-state index contributed by atoms with van der Waals surface area (Å²) in [6, 6.07) is 0. The van der Waals surface area contributed by atoms with Crippen molar-refractivity contribution in [3.05, 3.63) is 12.2 Å². The second kappa shape index (κ2) is 20.1. The van der Waals surface area contributed by atoms with Gasteiger partial charge in [0.2, 0.25) is 0 Å². The van der Waals surface area contributed by atoms with Gasteiger partial charge in [-0.15, -0.1) is 0 Å². The Balaban J connectivity index is 3.25. The van der Waals surface area contributed by atoms with Crippen molar-refractivity contribution < 1.29 is 18.5 Å². The zero-order valence-electron chi connectivity index (χ0n) is 16.7. The molecule has 0 rings (SSSR count). The van der Waals surface area contributed by atoms with E-state index in [0.29, 0.717) is 5.33 Å². The molecule has 0 aliphatic heterocycles. The molecule has 0 aliphatic rings. The van der Waals surface area contributed by atoms with Crippen LogP contribution in [-0.2, 0) is 13.6 Å². The molecule has 4 nitrogen and oxygen atoms in total. The number of hydrogen-bond donors (Lipinski definition) is 1. The van der Waals surface area contributed by atoms with Crippen molar-refractivity contribution in [3.8, 4) is 0 Å². The van der Waals surface area contributed by atoms with Crippen LogP contribution < -0.4 is 0 Å². The minimum Gasteiger partial charge on any atom is -0.302 e. The first-order valence-electron chi connectivity index (χ1n) is 10.4. The predicted molar refractivity (Wildman–Crippen MR) is 115 cm³/mol. The van der Waals surface area contributed by atoms with Crippen LogP contribution >= 0.6 is 23.8 Å². The quantitative estimate of drug-likeness (QED) is 0.0891. The van der Waals surface area contributed by atoms with Gasteiger partial charge in [0.25, 0.3) is 0 Å². The first kappa shape index (κ1) is 26.3. The molecule has 6 heteroatoms. The summed E-state index contributed by atoms with van der Waals surface area (Å²) in [6.45, 7) is 2.55. The third kappa shape index (κ3) is 20.6. The smallest absolute Gasteiger partial charge is 0.302 e. The minimum absolute atomic E-state index is 0.120. The van der Waals surface area contributed by atoms with Gasteiger partial charge in [0.1, 0.15) is 0 Å². The maximum absolute atomic E-state index is 11.4. The third-order valence-electron chi connectivity index (χ3n) is 4.31. The Bertz CT molecular complexity index is 364. The Morgan fingerprint density at radius 1 is 0.808 bits per heavy atom. The van der Waals surface area contributed by atoms with Crippen LogP contribution in [0.5, 0.6) is 0 Å². The van der Waals surface area contributed by atoms with Crippen molar-refractivity contribution in [2.45, 2.75) is 96.8 Å². The molecular weight excluding hydrogens is 415 g/mol. The molecule has 0 aromatic carbocycles. The average molecular weight is 455 g/mol. The third-order valence-corrected chi connectivity index (χ3v) is 5.61. The fourth-order valence-corrected chi connectivity index (χ4v) is 3.87. The summed E-state index contributed by atoms with van der Waals surface area (Å²) in [5.74, 6) is 0. The van der Waals surface area contributed by atoms with Gasteiger partial charge in [-0.2, -0.15) is 0 Å². The number of alkyl halides is 1. The number of allylic oxidation sites excluding steroid dienone is 1. The largest absolute Gasteiger partial charge is 0.472 e. The van der Waals surface area contributed by atoms with Crippen LogP contribution in [-0.4, -0.2) is 23.4 Å². The van der Waals surface area contributed by atoms with Crippen LogP contribution in [0.3, 0.4) is 0 Å². The zero-order chi connectivity index (χ0) is 19.3. The Hall–Kier alpha value is 0.330. The van der Waals surface area contributed by atoms with Gasteiger partial charge in [0.05, 0.1) is 13.2 Å². The number of hydrogen-bond acceptors (Lipinski definition) is 3. The molecule has 0 aromatic heterocycles. The van der Waals surface area contributed by atoms with E-state index < -0.39 is 7.82 Å². The summed E-state index contributed by atoms with van der Waals surface area (Å²) in [5.41, 5.74) is 0. The summed E-state index contributed by atoms with van der Waals surface area (Å²) in [5, 5.41) is 0.510. The minimum atomic E-state index is -3.88. The molecule has 0 amide bonds. The van der Waals surface area contributed by atoms with E-state index in [1.54, 1.807) is 6.08 Å². The van der Waals surface area contributed by atoms with E-state index in [-0.39, 0.29) is 13.2 Å². The van der Waals surface area contributed by atoms with Gasteiger partial charge in [0.15, 0.2) is 0 Å². The molecule has 156 valence electrons. The highest BCUT2D eigenvalue weighted by molar-refractivity contribution is 9.09. The van der Waals surface area contributed by atoms with Gasteiger partial charge in [-0.05, 0) is 12.8 Å². The van der Waals surface area contributed by atoms with E-state index in [2.05, 4.69) is 22.9 Å². The lowest BCUT2D eigenvalue weighted by Gasteiger charge is -2.09. The maximum Gasteiger partial charge on any atom is 0.472 e. The van der Waals surface area contributed by atoms with Gasteiger partial charge in [-0.1, -0.05) is 112 Å². The van der Waals surface area contributed by atoms with Crippen LogP contribution in [0.4, 0.5) is 0 Å². The van der Waals surface area contributed by atoms with E-state index >= 15 is 0 Å². The first-order chi connectivity index (χ1) is 12.6. The van der Waals surface area contributed by atoms with Crippen molar-refractivity contribution in [3.63, 3.8) is 0 Å². The molecule has 0 radical (unpaired) electrons. The zero-order valence-corrected chi connectivity index (χ0v) is 19.2. The Labute approximate surface area is 169 Å². The Kier molecular flexibility index (Phi) is 20.3. The SMILES string of the molecule is CCCCCCCCCCCCCCCC=CCOP(=O)(O)OCCBr. The normalized spacial score (nSPS) is 14.1. The van der Waals surface area contributed by atoms with Gasteiger partial charge >= 0.3 is 7.82 Å². The highest BCUT2D eigenvalue weighted by Gasteiger charge is 2.19. The average Bonchev–Trinajstić information content (AvgIpc) is 2.62. The highest BCUT2D eigenvalue weighted by atomic mass is 79.9. The van der Waals surface area contributed by atoms with Gasteiger partial charge in [0, 0.05) is 5.33 Å². The first-order valence-corrected chi connectivity index (χ1v) is 13.1. The van der Waals surface area contributed by atoms with Gasteiger partial charge < -0.3 is 4.89 Å². The van der Waals surface area contributed by atoms with Crippen molar-refractivity contribution in [2.75, 3.05) is 18.5 Å². The van der Waals surface area contributed by atoms with Crippen molar-refractivity contribution in [1.82, 2.24) is 0 Å². The maximum atomic E-state index is 11.4. The highest BCUT2D eigenvalue weighted by Crippen LogP contribution is 2.42. The van der Waals surface area contributed by atoms with E-state index in [0.717, 1.165) is 6.42 Å². The van der Waals surface area contributed by atoms with Crippen molar-refractivity contribution >= 4 is 23.8 Å². The van der Waals surface area contributed by atoms with Crippen LogP contribution in [0.25, 0.3) is 0 Å². The standard InChI is InChI=1S/C20H40BrO4P/c1-2-3-4-5-6-7-8-9-10-11-12-13-14-15-16-17-19-24-26(22,23)25-20-18-21/h16-17H,2-15,18-20H2,1H3,(H,22,23). The molecule has 26 heavy (non-hydrogen) atoms. The molecule has 0 bridgehead atoms. The predicted octanol–water partition coefficient (Wildman–Crippen LogP) is 7.55. The van der Waals surface area contributed by atoms with Crippen LogP contribution in [0, 0.1) is 0 Å². The molecule has 0 aliphatic carbocycles. The Morgan fingerprint density at radius 2 is 1.31 bits per heavy atom. The van der Waals surface area contributed by atoms with Crippen LogP contribution in [0.1, 0.15) is 96.8 Å². The Morgan fingerprint density at radius 3 is 1.81 bits per heavy atom. The molecule has 0 fully saturated rings. The summed E-state index contributed by atoms with van der Waals surface area (Å²) >= 11 is 3.13. The number of phosphoric ester groups is 1. The summed E-state index contributed by atoms with van der Waals surface area (Å²) in [4.78, 5) is 9.33. The molecular formula is C20H40BrO4P. The lowest BCUT2D eigenvalue weighted by atomic mass is 10.0. The summed E-state index contributed by atoms with van der Waals surface area (Å²) < 4.78 is 20.9. The monoisotopic (exact) mass is 454 g/mol. The fraction of sp³-hybridized carbons (Fsp3) is 0.900. The number of unbranched alkanes of at least 4 members (excludes halogenated alkanes) is 13. The molecule has 0 heterocycles. The molecule has 1 N–H and O–H groups in total. The van der Waals surface area contributed by atoms with Crippen molar-refractivity contribution in [2.24, 2.45) is 0 Å². The second-order valence-electron chi connectivity index (χ2n) is 6.79. The summed E-state index contributed by atoms with van der Waals surface area (Å²) in [6.07, 6.45) is 22.5. The van der Waals surface area contributed by atoms with Crippen LogP contribution in [0.15, 0.2) is 12.2 Å². The molecule has 0 saturated carbocycles. The number of rotatable bonds is 20. The topological polar surface area (TPSA) is 55.8 Å². The number of phosphoric acid groups is 1. The van der Waals surface area contributed by atoms with E-state index in [1.807, 2.05) is 6.08 Å².